The molecule has 2 aromatic rings. The van der Waals surface area contributed by atoms with E-state index in [9.17, 15) is 0 Å². The van der Waals surface area contributed by atoms with Gasteiger partial charge in [0.1, 0.15) is 5.01 Å². The monoisotopic (exact) mass is 239 g/mol. The van der Waals surface area contributed by atoms with Gasteiger partial charge in [0.15, 0.2) is 0 Å². The molecule has 0 bridgehead atoms. The maximum absolute atomic E-state index is 5.39. The first-order valence-electron chi connectivity index (χ1n) is 4.82. The molecule has 0 radical (unpaired) electrons. The van der Waals surface area contributed by atoms with E-state index >= 15 is 0 Å². The van der Waals surface area contributed by atoms with Gasteiger partial charge >= 0.3 is 6.01 Å². The number of hydrogen-bond acceptors (Lipinski definition) is 7. The van der Waals surface area contributed by atoms with Gasteiger partial charge in [-0.1, -0.05) is 5.10 Å². The Labute approximate surface area is 96.9 Å². The van der Waals surface area contributed by atoms with Crippen molar-refractivity contribution in [2.45, 2.75) is 25.9 Å². The third kappa shape index (κ3) is 2.20. The van der Waals surface area contributed by atoms with Crippen molar-refractivity contribution in [1.29, 1.82) is 0 Å². The summed E-state index contributed by atoms with van der Waals surface area (Å²) in [6, 6.07) is 0.362. The summed E-state index contributed by atoms with van der Waals surface area (Å²) in [4.78, 5) is 4.25. The van der Waals surface area contributed by atoms with Gasteiger partial charge < -0.3 is 15.5 Å². The van der Waals surface area contributed by atoms with Crippen LogP contribution < -0.4 is 11.1 Å². The maximum atomic E-state index is 5.39. The van der Waals surface area contributed by atoms with Crippen molar-refractivity contribution in [3.05, 3.63) is 22.5 Å². The molecule has 2 rings (SSSR count). The molecular formula is C9H13N5OS. The zero-order valence-electron chi connectivity index (χ0n) is 9.10. The molecule has 6 nitrogen and oxygen atoms in total. The molecule has 7 heteroatoms. The highest BCUT2D eigenvalue weighted by molar-refractivity contribution is 7.09. The summed E-state index contributed by atoms with van der Waals surface area (Å²) in [6.07, 6.45) is 1.77. The number of aromatic nitrogens is 3. The van der Waals surface area contributed by atoms with Crippen molar-refractivity contribution in [3.8, 4) is 0 Å². The Balaban J connectivity index is 2.14. The summed E-state index contributed by atoms with van der Waals surface area (Å²) in [5.74, 6) is 0.414. The Morgan fingerprint density at radius 2 is 2.31 bits per heavy atom. The van der Waals surface area contributed by atoms with Crippen LogP contribution in [-0.2, 0) is 12.1 Å². The fourth-order valence-corrected chi connectivity index (χ4v) is 1.96. The van der Waals surface area contributed by atoms with Crippen LogP contribution >= 0.6 is 11.3 Å². The fraction of sp³-hybridized carbons (Fsp3) is 0.444. The molecule has 0 saturated heterocycles. The van der Waals surface area contributed by atoms with Gasteiger partial charge in [-0.3, -0.25) is 0 Å². The zero-order valence-corrected chi connectivity index (χ0v) is 9.91. The van der Waals surface area contributed by atoms with Crippen LogP contribution in [0.4, 0.5) is 6.01 Å². The summed E-state index contributed by atoms with van der Waals surface area (Å²) in [6.45, 7) is 4.24. The minimum atomic E-state index is -0.341. The van der Waals surface area contributed by atoms with E-state index in [2.05, 4.69) is 20.5 Å². The second kappa shape index (κ2) is 4.18. The molecule has 0 unspecified atom stereocenters. The van der Waals surface area contributed by atoms with Gasteiger partial charge in [0, 0.05) is 11.6 Å². The number of nitrogens with one attached hydrogen (secondary N) is 1. The maximum Gasteiger partial charge on any atom is 0.316 e. The summed E-state index contributed by atoms with van der Waals surface area (Å²) in [7, 11) is 0. The number of nitrogens with zero attached hydrogens (tertiary/aromatic N) is 3. The van der Waals surface area contributed by atoms with E-state index in [1.807, 2.05) is 19.2 Å². The number of anilines is 1. The first-order chi connectivity index (χ1) is 7.62. The van der Waals surface area contributed by atoms with Crippen molar-refractivity contribution >= 4 is 17.4 Å². The molecule has 0 aliphatic rings. The molecule has 2 heterocycles. The number of rotatable bonds is 4. The first-order valence-corrected chi connectivity index (χ1v) is 5.70. The highest BCUT2D eigenvalue weighted by Gasteiger charge is 2.25. The van der Waals surface area contributed by atoms with Gasteiger partial charge in [-0.25, -0.2) is 4.98 Å². The van der Waals surface area contributed by atoms with Gasteiger partial charge in [0.25, 0.3) is 0 Å². The predicted molar refractivity (Wildman–Crippen MR) is 61.0 cm³/mol. The molecule has 0 aromatic carbocycles. The lowest BCUT2D eigenvalue weighted by molar-refractivity contribution is 0.482. The van der Waals surface area contributed by atoms with E-state index in [1.165, 1.54) is 0 Å². The highest BCUT2D eigenvalue weighted by atomic mass is 32.1. The Kier molecular flexibility index (Phi) is 2.88. The van der Waals surface area contributed by atoms with Crippen LogP contribution in [0.25, 0.3) is 0 Å². The molecule has 0 fully saturated rings. The second-order valence-electron chi connectivity index (χ2n) is 3.79. The molecule has 0 saturated carbocycles. The SMILES string of the molecule is CC(C)(Nc1nnc(CN)o1)c1nccs1. The quantitative estimate of drug-likeness (QED) is 0.836. The average Bonchev–Trinajstić information content (AvgIpc) is 2.86. The van der Waals surface area contributed by atoms with E-state index in [0.29, 0.717) is 11.9 Å². The predicted octanol–water partition coefficient (Wildman–Crippen LogP) is 1.33. The second-order valence-corrected chi connectivity index (χ2v) is 4.69. The molecule has 2 aromatic heterocycles. The van der Waals surface area contributed by atoms with Gasteiger partial charge in [-0.05, 0) is 13.8 Å². The molecule has 16 heavy (non-hydrogen) atoms. The number of thiazole rings is 1. The summed E-state index contributed by atoms with van der Waals surface area (Å²) < 4.78 is 5.29. The van der Waals surface area contributed by atoms with Gasteiger partial charge in [0.2, 0.25) is 5.89 Å². The van der Waals surface area contributed by atoms with E-state index in [4.69, 9.17) is 10.2 Å². The van der Waals surface area contributed by atoms with Crippen LogP contribution in [-0.4, -0.2) is 15.2 Å². The van der Waals surface area contributed by atoms with E-state index in [-0.39, 0.29) is 12.1 Å². The summed E-state index contributed by atoms with van der Waals surface area (Å²) >= 11 is 1.57. The molecule has 3 N–H and O–H groups in total. The standard InChI is InChI=1S/C9H13N5OS/c1-9(2,7-11-3-4-16-7)12-8-14-13-6(5-10)15-8/h3-4H,5,10H2,1-2H3,(H,12,14). The Hall–Kier alpha value is -1.47. The smallest absolute Gasteiger partial charge is 0.316 e. The fourth-order valence-electron chi connectivity index (χ4n) is 1.24. The van der Waals surface area contributed by atoms with Crippen LogP contribution in [0.3, 0.4) is 0 Å². The van der Waals surface area contributed by atoms with Crippen LogP contribution in [0.2, 0.25) is 0 Å². The van der Waals surface area contributed by atoms with E-state index in [1.54, 1.807) is 17.5 Å². The van der Waals surface area contributed by atoms with E-state index in [0.717, 1.165) is 5.01 Å². The lowest BCUT2D eigenvalue weighted by Gasteiger charge is -2.21. The van der Waals surface area contributed by atoms with Crippen LogP contribution in [0.1, 0.15) is 24.7 Å². The van der Waals surface area contributed by atoms with Crippen LogP contribution in [0, 0.1) is 0 Å². The van der Waals surface area contributed by atoms with Crippen molar-refractivity contribution in [1.82, 2.24) is 15.2 Å². The van der Waals surface area contributed by atoms with E-state index < -0.39 is 0 Å². The molecule has 0 amide bonds. The molecular weight excluding hydrogens is 226 g/mol. The number of nitrogens with two attached hydrogens (primary N) is 1. The lowest BCUT2D eigenvalue weighted by Crippen LogP contribution is -2.27. The minimum Gasteiger partial charge on any atom is -0.407 e. The first kappa shape index (κ1) is 11.0. The van der Waals surface area contributed by atoms with Crippen molar-refractivity contribution in [3.63, 3.8) is 0 Å². The Morgan fingerprint density at radius 3 is 2.88 bits per heavy atom. The average molecular weight is 239 g/mol. The van der Waals surface area contributed by atoms with Crippen molar-refractivity contribution in [2.75, 3.05) is 5.32 Å². The lowest BCUT2D eigenvalue weighted by atomic mass is 10.1. The van der Waals surface area contributed by atoms with Gasteiger partial charge in [-0.2, -0.15) is 0 Å². The normalized spacial score (nSPS) is 11.7. The minimum absolute atomic E-state index is 0.242. The topological polar surface area (TPSA) is 89.9 Å². The molecule has 86 valence electrons. The summed E-state index contributed by atoms with van der Waals surface area (Å²) in [5.41, 5.74) is 5.05. The third-order valence-electron chi connectivity index (χ3n) is 2.03. The van der Waals surface area contributed by atoms with Crippen LogP contribution in [0.15, 0.2) is 16.0 Å². The molecule has 0 atom stereocenters. The molecule has 0 spiro atoms. The van der Waals surface area contributed by atoms with Crippen molar-refractivity contribution in [2.24, 2.45) is 5.73 Å². The highest BCUT2D eigenvalue weighted by Crippen LogP contribution is 2.26. The molecule has 0 aliphatic carbocycles. The van der Waals surface area contributed by atoms with Gasteiger partial charge in [-0.15, -0.1) is 16.4 Å². The Bertz CT molecular complexity index is 450. The van der Waals surface area contributed by atoms with Gasteiger partial charge in [0.05, 0.1) is 12.1 Å². The van der Waals surface area contributed by atoms with Crippen LogP contribution in [0.5, 0.6) is 0 Å². The summed E-state index contributed by atoms with van der Waals surface area (Å²) in [5, 5.41) is 13.6. The largest absolute Gasteiger partial charge is 0.407 e. The number of hydrogen-bond donors (Lipinski definition) is 2. The Morgan fingerprint density at radius 1 is 1.50 bits per heavy atom. The zero-order chi connectivity index (χ0) is 11.6. The molecule has 0 aliphatic heterocycles. The third-order valence-corrected chi connectivity index (χ3v) is 3.12. The van der Waals surface area contributed by atoms with Crippen molar-refractivity contribution < 1.29 is 4.42 Å².